The average molecular weight is 258 g/mol. The fourth-order valence-electron chi connectivity index (χ4n) is 1.79. The lowest BCUT2D eigenvalue weighted by atomic mass is 10.1. The van der Waals surface area contributed by atoms with Gasteiger partial charge < -0.3 is 14.2 Å². The molecule has 0 amide bonds. The van der Waals surface area contributed by atoms with Crippen molar-refractivity contribution in [2.75, 3.05) is 26.4 Å². The molecule has 0 aromatic rings. The molecule has 0 N–H and O–H groups in total. The summed E-state index contributed by atoms with van der Waals surface area (Å²) in [7, 11) is 0. The third-order valence-corrected chi connectivity index (χ3v) is 2.75. The van der Waals surface area contributed by atoms with Gasteiger partial charge in [0.2, 0.25) is 0 Å². The Morgan fingerprint density at radius 1 is 1.28 bits per heavy atom. The summed E-state index contributed by atoms with van der Waals surface area (Å²) in [5, 5.41) is 0. The molecule has 1 fully saturated rings. The van der Waals surface area contributed by atoms with E-state index >= 15 is 0 Å². The van der Waals surface area contributed by atoms with E-state index in [2.05, 4.69) is 0 Å². The minimum Gasteiger partial charge on any atom is -0.466 e. The Hall–Kier alpha value is -0.940. The lowest BCUT2D eigenvalue weighted by Gasteiger charge is -2.22. The van der Waals surface area contributed by atoms with Crippen LogP contribution in [-0.4, -0.2) is 44.3 Å². The number of hydrogen-bond donors (Lipinski definition) is 0. The molecule has 0 saturated carbocycles. The zero-order valence-electron chi connectivity index (χ0n) is 11.0. The third-order valence-electron chi connectivity index (χ3n) is 2.75. The van der Waals surface area contributed by atoms with Crippen molar-refractivity contribution in [1.82, 2.24) is 0 Å². The van der Waals surface area contributed by atoms with Crippen LogP contribution in [0.5, 0.6) is 0 Å². The standard InChI is InChI=1S/C13H22O5/c1-2-17-13(15)7-6-11(14)9-16-10-12-5-3-4-8-18-12/h12H,2-10H2,1H3. The van der Waals surface area contributed by atoms with E-state index in [1.54, 1.807) is 6.92 Å². The normalized spacial score (nSPS) is 19.5. The molecular weight excluding hydrogens is 236 g/mol. The van der Waals surface area contributed by atoms with Crippen LogP contribution in [0.25, 0.3) is 0 Å². The number of carbonyl (C=O) groups excluding carboxylic acids is 2. The van der Waals surface area contributed by atoms with E-state index < -0.39 is 0 Å². The van der Waals surface area contributed by atoms with Gasteiger partial charge in [0, 0.05) is 13.0 Å². The van der Waals surface area contributed by atoms with Crippen molar-refractivity contribution in [1.29, 1.82) is 0 Å². The zero-order valence-corrected chi connectivity index (χ0v) is 11.0. The smallest absolute Gasteiger partial charge is 0.306 e. The molecule has 1 unspecified atom stereocenters. The number of esters is 1. The first kappa shape index (κ1) is 15.1. The first-order chi connectivity index (χ1) is 8.72. The predicted octanol–water partition coefficient (Wildman–Crippen LogP) is 1.48. The van der Waals surface area contributed by atoms with Gasteiger partial charge in [0.25, 0.3) is 0 Å². The molecule has 0 bridgehead atoms. The van der Waals surface area contributed by atoms with Gasteiger partial charge in [-0.15, -0.1) is 0 Å². The van der Waals surface area contributed by atoms with E-state index in [1.807, 2.05) is 0 Å². The fourth-order valence-corrected chi connectivity index (χ4v) is 1.79. The summed E-state index contributed by atoms with van der Waals surface area (Å²) >= 11 is 0. The minimum absolute atomic E-state index is 0.0548. The van der Waals surface area contributed by atoms with Gasteiger partial charge in [0.15, 0.2) is 5.78 Å². The highest BCUT2D eigenvalue weighted by atomic mass is 16.5. The average Bonchev–Trinajstić information content (AvgIpc) is 2.38. The van der Waals surface area contributed by atoms with Crippen LogP contribution >= 0.6 is 0 Å². The second-order valence-corrected chi connectivity index (χ2v) is 4.35. The van der Waals surface area contributed by atoms with Gasteiger partial charge in [0.05, 0.1) is 25.7 Å². The van der Waals surface area contributed by atoms with Crippen LogP contribution in [-0.2, 0) is 23.8 Å². The van der Waals surface area contributed by atoms with Crippen LogP contribution < -0.4 is 0 Å². The highest BCUT2D eigenvalue weighted by Crippen LogP contribution is 2.12. The molecule has 0 spiro atoms. The second kappa shape index (κ2) is 9.05. The van der Waals surface area contributed by atoms with Gasteiger partial charge in [-0.25, -0.2) is 0 Å². The van der Waals surface area contributed by atoms with E-state index in [4.69, 9.17) is 14.2 Å². The number of rotatable bonds is 8. The first-order valence-electron chi connectivity index (χ1n) is 6.59. The van der Waals surface area contributed by atoms with Crippen molar-refractivity contribution in [3.63, 3.8) is 0 Å². The maximum absolute atomic E-state index is 11.4. The molecule has 5 nitrogen and oxygen atoms in total. The molecule has 0 aliphatic carbocycles. The summed E-state index contributed by atoms with van der Waals surface area (Å²) in [5.41, 5.74) is 0. The van der Waals surface area contributed by atoms with E-state index in [9.17, 15) is 9.59 Å². The molecule has 1 rings (SSSR count). The SMILES string of the molecule is CCOC(=O)CCC(=O)COCC1CCCCO1. The molecule has 104 valence electrons. The Morgan fingerprint density at radius 3 is 2.78 bits per heavy atom. The van der Waals surface area contributed by atoms with Gasteiger partial charge in [0.1, 0.15) is 6.61 Å². The lowest BCUT2D eigenvalue weighted by Crippen LogP contribution is -2.25. The lowest BCUT2D eigenvalue weighted by molar-refractivity contribution is -0.144. The van der Waals surface area contributed by atoms with Crippen molar-refractivity contribution in [2.24, 2.45) is 0 Å². The maximum Gasteiger partial charge on any atom is 0.306 e. The van der Waals surface area contributed by atoms with Crippen molar-refractivity contribution >= 4 is 11.8 Å². The van der Waals surface area contributed by atoms with Crippen molar-refractivity contribution in [2.45, 2.75) is 45.1 Å². The fraction of sp³-hybridized carbons (Fsp3) is 0.846. The molecule has 1 saturated heterocycles. The molecule has 18 heavy (non-hydrogen) atoms. The molecule has 1 heterocycles. The van der Waals surface area contributed by atoms with E-state index in [1.165, 1.54) is 0 Å². The summed E-state index contributed by atoms with van der Waals surface area (Å²) in [6, 6.07) is 0. The van der Waals surface area contributed by atoms with Crippen molar-refractivity contribution < 1.29 is 23.8 Å². The summed E-state index contributed by atoms with van der Waals surface area (Å²) < 4.78 is 15.5. The molecule has 0 aromatic heterocycles. The van der Waals surface area contributed by atoms with Gasteiger partial charge in [-0.1, -0.05) is 0 Å². The Balaban J connectivity index is 2.00. The first-order valence-corrected chi connectivity index (χ1v) is 6.59. The monoisotopic (exact) mass is 258 g/mol. The number of ether oxygens (including phenoxy) is 3. The molecule has 0 aromatic carbocycles. The number of carbonyl (C=O) groups is 2. The highest BCUT2D eigenvalue weighted by Gasteiger charge is 2.14. The van der Waals surface area contributed by atoms with E-state index in [-0.39, 0.29) is 37.3 Å². The Kier molecular flexibility index (Phi) is 7.60. The van der Waals surface area contributed by atoms with Gasteiger partial charge in [-0.3, -0.25) is 9.59 Å². The maximum atomic E-state index is 11.4. The van der Waals surface area contributed by atoms with Crippen LogP contribution in [0.2, 0.25) is 0 Å². The van der Waals surface area contributed by atoms with E-state index in [0.717, 1.165) is 25.9 Å². The second-order valence-electron chi connectivity index (χ2n) is 4.35. The van der Waals surface area contributed by atoms with Crippen LogP contribution in [0, 0.1) is 0 Å². The Labute approximate surface area is 108 Å². The van der Waals surface area contributed by atoms with E-state index in [0.29, 0.717) is 13.2 Å². The molecule has 5 heteroatoms. The van der Waals surface area contributed by atoms with Gasteiger partial charge in [-0.05, 0) is 26.2 Å². The molecule has 0 radical (unpaired) electrons. The topological polar surface area (TPSA) is 61.8 Å². The predicted molar refractivity (Wildman–Crippen MR) is 65.3 cm³/mol. The van der Waals surface area contributed by atoms with Crippen LogP contribution in [0.15, 0.2) is 0 Å². The van der Waals surface area contributed by atoms with Crippen molar-refractivity contribution in [3.05, 3.63) is 0 Å². The Morgan fingerprint density at radius 2 is 2.11 bits per heavy atom. The zero-order chi connectivity index (χ0) is 13.2. The van der Waals surface area contributed by atoms with Crippen LogP contribution in [0.4, 0.5) is 0 Å². The van der Waals surface area contributed by atoms with Crippen LogP contribution in [0.3, 0.4) is 0 Å². The third kappa shape index (κ3) is 6.71. The number of hydrogen-bond acceptors (Lipinski definition) is 5. The highest BCUT2D eigenvalue weighted by molar-refractivity contribution is 5.83. The summed E-state index contributed by atoms with van der Waals surface area (Å²) in [4.78, 5) is 22.5. The Bertz CT molecular complexity index is 258. The summed E-state index contributed by atoms with van der Waals surface area (Å²) in [5.74, 6) is -0.402. The summed E-state index contributed by atoms with van der Waals surface area (Å²) in [6.07, 6.45) is 3.70. The largest absolute Gasteiger partial charge is 0.466 e. The summed E-state index contributed by atoms with van der Waals surface area (Å²) in [6.45, 7) is 3.39. The molecule has 1 aliphatic heterocycles. The minimum atomic E-state index is -0.332. The molecule has 1 aliphatic rings. The van der Waals surface area contributed by atoms with Gasteiger partial charge >= 0.3 is 5.97 Å². The quantitative estimate of drug-likeness (QED) is 0.617. The molecular formula is C13H22O5. The van der Waals surface area contributed by atoms with Gasteiger partial charge in [-0.2, -0.15) is 0 Å². The van der Waals surface area contributed by atoms with Crippen LogP contribution in [0.1, 0.15) is 39.0 Å². The number of ketones is 1. The number of Topliss-reactive ketones (excluding diaryl/α,β-unsaturated/α-hetero) is 1. The van der Waals surface area contributed by atoms with Crippen molar-refractivity contribution in [3.8, 4) is 0 Å². The molecule has 1 atom stereocenters.